The van der Waals surface area contributed by atoms with Crippen LogP contribution in [0.25, 0.3) is 0 Å². The van der Waals surface area contributed by atoms with Gasteiger partial charge >= 0.3 is 0 Å². The Morgan fingerprint density at radius 1 is 1.32 bits per heavy atom. The molecule has 3 heterocycles. The predicted molar refractivity (Wildman–Crippen MR) is 92.7 cm³/mol. The molecule has 1 atom stereocenters. The van der Waals surface area contributed by atoms with Crippen molar-refractivity contribution in [3.63, 3.8) is 0 Å². The molecule has 0 saturated carbocycles. The van der Waals surface area contributed by atoms with Gasteiger partial charge in [0.15, 0.2) is 5.82 Å². The summed E-state index contributed by atoms with van der Waals surface area (Å²) in [5.41, 5.74) is 0. The Balaban J connectivity index is 0.00000176. The summed E-state index contributed by atoms with van der Waals surface area (Å²) < 4.78 is 0. The van der Waals surface area contributed by atoms with E-state index in [4.69, 9.17) is 0 Å². The van der Waals surface area contributed by atoms with Crippen molar-refractivity contribution in [2.75, 3.05) is 44.7 Å². The second-order valence-electron chi connectivity index (χ2n) is 6.46. The van der Waals surface area contributed by atoms with Gasteiger partial charge in [-0.15, -0.1) is 17.5 Å². The van der Waals surface area contributed by atoms with Crippen molar-refractivity contribution < 1.29 is 0 Å². The van der Waals surface area contributed by atoms with Gasteiger partial charge in [0.2, 0.25) is 0 Å². The number of likely N-dealkylation sites (N-methyl/N-ethyl adjacent to an activating group) is 1. The number of nitrogens with zero attached hydrogens (tertiary/aromatic N) is 4. The largest absolute Gasteiger partial charge is 0.354 e. The zero-order valence-corrected chi connectivity index (χ0v) is 14.3. The molecule has 0 radical (unpaired) electrons. The lowest BCUT2D eigenvalue weighted by Crippen LogP contribution is -2.48. The molecule has 22 heavy (non-hydrogen) atoms. The molecule has 0 bridgehead atoms. The van der Waals surface area contributed by atoms with Gasteiger partial charge in [0, 0.05) is 31.9 Å². The van der Waals surface area contributed by atoms with E-state index in [1.165, 1.54) is 45.3 Å². The van der Waals surface area contributed by atoms with Crippen LogP contribution in [0, 0.1) is 5.92 Å². The van der Waals surface area contributed by atoms with Gasteiger partial charge in [0.05, 0.1) is 0 Å². The Bertz CT molecular complexity index is 424. The minimum absolute atomic E-state index is 0. The van der Waals surface area contributed by atoms with Crippen LogP contribution < -0.4 is 10.2 Å². The number of hydrogen-bond acceptors (Lipinski definition) is 5. The first kappa shape index (κ1) is 17.4. The Morgan fingerprint density at radius 3 is 2.86 bits per heavy atom. The highest BCUT2D eigenvalue weighted by molar-refractivity contribution is 5.85. The molecule has 124 valence electrons. The standard InChI is InChI=1S/C16H27N5.ClH/c1-20(12-14-6-9-17-10-7-14)15-4-3-11-21(13-15)16-5-2-8-18-19-16;/h2,5,8,14-15,17H,3-4,6-7,9-13H2,1H3;1H. The third-order valence-corrected chi connectivity index (χ3v) is 4.91. The first-order valence-corrected chi connectivity index (χ1v) is 8.26. The normalized spacial score (nSPS) is 23.4. The number of aromatic nitrogens is 2. The van der Waals surface area contributed by atoms with Crippen LogP contribution in [0.3, 0.4) is 0 Å². The number of rotatable bonds is 4. The smallest absolute Gasteiger partial charge is 0.151 e. The molecular formula is C16H28ClN5. The summed E-state index contributed by atoms with van der Waals surface area (Å²) in [5.74, 6) is 1.89. The lowest BCUT2D eigenvalue weighted by molar-refractivity contribution is 0.169. The van der Waals surface area contributed by atoms with Crippen LogP contribution in [0.4, 0.5) is 5.82 Å². The van der Waals surface area contributed by atoms with Gasteiger partial charge in [-0.3, -0.25) is 0 Å². The topological polar surface area (TPSA) is 44.3 Å². The van der Waals surface area contributed by atoms with Crippen LogP contribution in [0.15, 0.2) is 18.3 Å². The molecule has 1 unspecified atom stereocenters. The van der Waals surface area contributed by atoms with Crippen molar-refractivity contribution in [3.05, 3.63) is 18.3 Å². The fourth-order valence-electron chi connectivity index (χ4n) is 3.61. The van der Waals surface area contributed by atoms with Gasteiger partial charge in [-0.05, 0) is 63.9 Å². The van der Waals surface area contributed by atoms with E-state index in [2.05, 4.69) is 38.4 Å². The highest BCUT2D eigenvalue weighted by atomic mass is 35.5. The summed E-state index contributed by atoms with van der Waals surface area (Å²) >= 11 is 0. The number of piperidine rings is 2. The summed E-state index contributed by atoms with van der Waals surface area (Å²) in [6, 6.07) is 4.70. The summed E-state index contributed by atoms with van der Waals surface area (Å²) in [6.07, 6.45) is 6.94. The number of nitrogens with one attached hydrogen (secondary N) is 1. The molecular weight excluding hydrogens is 298 g/mol. The zero-order valence-electron chi connectivity index (χ0n) is 13.4. The Morgan fingerprint density at radius 2 is 2.14 bits per heavy atom. The fourth-order valence-corrected chi connectivity index (χ4v) is 3.61. The molecule has 2 fully saturated rings. The Hall–Kier alpha value is -0.910. The molecule has 0 spiro atoms. The van der Waals surface area contributed by atoms with E-state index in [0.29, 0.717) is 6.04 Å². The molecule has 1 aromatic rings. The number of halogens is 1. The summed E-state index contributed by atoms with van der Waals surface area (Å²) in [5, 5.41) is 11.7. The first-order chi connectivity index (χ1) is 10.3. The van der Waals surface area contributed by atoms with Crippen molar-refractivity contribution in [2.24, 2.45) is 5.92 Å². The van der Waals surface area contributed by atoms with Crippen molar-refractivity contribution in [2.45, 2.75) is 31.7 Å². The van der Waals surface area contributed by atoms with Gasteiger partial charge in [-0.1, -0.05) is 0 Å². The van der Waals surface area contributed by atoms with Crippen molar-refractivity contribution in [1.82, 2.24) is 20.4 Å². The Kier molecular flexibility index (Phi) is 6.86. The van der Waals surface area contributed by atoms with Crippen molar-refractivity contribution >= 4 is 18.2 Å². The van der Waals surface area contributed by atoms with Crippen LogP contribution in [0.1, 0.15) is 25.7 Å². The molecule has 2 aliphatic rings. The fraction of sp³-hybridized carbons (Fsp3) is 0.750. The van der Waals surface area contributed by atoms with Crippen molar-refractivity contribution in [3.8, 4) is 0 Å². The van der Waals surface area contributed by atoms with Crippen LogP contribution in [0.2, 0.25) is 0 Å². The van der Waals surface area contributed by atoms with E-state index in [-0.39, 0.29) is 12.4 Å². The molecule has 6 heteroatoms. The average molecular weight is 326 g/mol. The third-order valence-electron chi connectivity index (χ3n) is 4.91. The van der Waals surface area contributed by atoms with Gasteiger partial charge in [-0.2, -0.15) is 5.10 Å². The monoisotopic (exact) mass is 325 g/mol. The van der Waals surface area contributed by atoms with E-state index < -0.39 is 0 Å². The quantitative estimate of drug-likeness (QED) is 0.914. The maximum absolute atomic E-state index is 4.26. The molecule has 3 rings (SSSR count). The molecule has 5 nitrogen and oxygen atoms in total. The summed E-state index contributed by atoms with van der Waals surface area (Å²) in [7, 11) is 2.30. The third kappa shape index (κ3) is 4.54. The maximum Gasteiger partial charge on any atom is 0.151 e. The van der Waals surface area contributed by atoms with Crippen LogP contribution in [0.5, 0.6) is 0 Å². The predicted octanol–water partition coefficient (Wildman–Crippen LogP) is 1.80. The van der Waals surface area contributed by atoms with Gasteiger partial charge < -0.3 is 15.1 Å². The molecule has 0 amide bonds. The number of hydrogen-bond donors (Lipinski definition) is 1. The molecule has 1 aromatic heterocycles. The van der Waals surface area contributed by atoms with Crippen LogP contribution in [-0.2, 0) is 0 Å². The van der Waals surface area contributed by atoms with Crippen molar-refractivity contribution in [1.29, 1.82) is 0 Å². The zero-order chi connectivity index (χ0) is 14.5. The maximum atomic E-state index is 4.26. The van der Waals surface area contributed by atoms with E-state index in [1.54, 1.807) is 6.20 Å². The molecule has 2 saturated heterocycles. The molecule has 2 aliphatic heterocycles. The van der Waals surface area contributed by atoms with E-state index >= 15 is 0 Å². The Labute approximate surface area is 139 Å². The lowest BCUT2D eigenvalue weighted by atomic mass is 9.96. The van der Waals surface area contributed by atoms with Crippen LogP contribution in [-0.4, -0.2) is 60.9 Å². The highest BCUT2D eigenvalue weighted by Gasteiger charge is 2.26. The lowest BCUT2D eigenvalue weighted by Gasteiger charge is -2.39. The molecule has 0 aromatic carbocycles. The second-order valence-corrected chi connectivity index (χ2v) is 6.46. The summed E-state index contributed by atoms with van der Waals surface area (Å²) in [6.45, 7) is 5.81. The van der Waals surface area contributed by atoms with Crippen LogP contribution >= 0.6 is 12.4 Å². The van der Waals surface area contributed by atoms with E-state index in [9.17, 15) is 0 Å². The van der Waals surface area contributed by atoms with Gasteiger partial charge in [0.25, 0.3) is 0 Å². The molecule has 1 N–H and O–H groups in total. The minimum atomic E-state index is 0. The minimum Gasteiger partial charge on any atom is -0.354 e. The number of anilines is 1. The van der Waals surface area contributed by atoms with E-state index in [0.717, 1.165) is 24.8 Å². The van der Waals surface area contributed by atoms with E-state index in [1.807, 2.05) is 6.07 Å². The molecule has 0 aliphatic carbocycles. The summed E-state index contributed by atoms with van der Waals surface area (Å²) in [4.78, 5) is 4.97. The first-order valence-electron chi connectivity index (χ1n) is 8.26. The average Bonchev–Trinajstić information content (AvgIpc) is 2.57. The second kappa shape index (κ2) is 8.65. The van der Waals surface area contributed by atoms with Gasteiger partial charge in [0.1, 0.15) is 0 Å². The SMILES string of the molecule is CN(CC1CCNCC1)C1CCCN(c2cccnn2)C1.Cl. The highest BCUT2D eigenvalue weighted by Crippen LogP contribution is 2.21. The van der Waals surface area contributed by atoms with Gasteiger partial charge in [-0.25, -0.2) is 0 Å².